The van der Waals surface area contributed by atoms with Gasteiger partial charge in [-0.15, -0.1) is 0 Å². The highest BCUT2D eigenvalue weighted by Gasteiger charge is 2.08. The van der Waals surface area contributed by atoms with E-state index in [-0.39, 0.29) is 6.01 Å². The summed E-state index contributed by atoms with van der Waals surface area (Å²) in [5, 5.41) is 3.70. The highest BCUT2D eigenvalue weighted by atomic mass is 16.5. The molecule has 2 aromatic heterocycles. The zero-order valence-corrected chi connectivity index (χ0v) is 6.44. The molecule has 0 atom stereocenters. The lowest BCUT2D eigenvalue weighted by atomic mass is 10.3. The van der Waals surface area contributed by atoms with Crippen molar-refractivity contribution in [3.63, 3.8) is 0 Å². The molecule has 0 spiro atoms. The lowest BCUT2D eigenvalue weighted by Gasteiger charge is -1.82. The molecule has 2 N–H and O–H groups in total. The van der Waals surface area contributed by atoms with Crippen molar-refractivity contribution in [3.8, 4) is 11.5 Å². The van der Waals surface area contributed by atoms with Crippen LogP contribution in [0.15, 0.2) is 21.2 Å². The number of aryl methyl sites for hydroxylation is 1. The van der Waals surface area contributed by atoms with E-state index >= 15 is 0 Å². The van der Waals surface area contributed by atoms with Crippen LogP contribution in [0.25, 0.3) is 11.5 Å². The Bertz CT molecular complexity index is 353. The first-order valence-corrected chi connectivity index (χ1v) is 3.41. The Morgan fingerprint density at radius 3 is 2.75 bits per heavy atom. The summed E-state index contributed by atoms with van der Waals surface area (Å²) < 4.78 is 9.94. The van der Waals surface area contributed by atoms with Crippen LogP contribution in [0.4, 0.5) is 6.01 Å². The zero-order valence-electron chi connectivity index (χ0n) is 6.44. The van der Waals surface area contributed by atoms with Crippen LogP contribution in [-0.4, -0.2) is 10.1 Å². The minimum Gasteiger partial charge on any atom is -0.420 e. The van der Waals surface area contributed by atoms with E-state index in [1.54, 1.807) is 6.07 Å². The van der Waals surface area contributed by atoms with Gasteiger partial charge in [-0.1, -0.05) is 5.16 Å². The molecule has 12 heavy (non-hydrogen) atoms. The van der Waals surface area contributed by atoms with Crippen molar-refractivity contribution in [2.24, 2.45) is 0 Å². The number of oxazole rings is 1. The SMILES string of the molecule is Cc1cc(-c2cnc(N)o2)on1. The van der Waals surface area contributed by atoms with E-state index in [0.717, 1.165) is 5.69 Å². The Morgan fingerprint density at radius 1 is 1.42 bits per heavy atom. The van der Waals surface area contributed by atoms with E-state index in [4.69, 9.17) is 14.7 Å². The Labute approximate surface area is 68.2 Å². The van der Waals surface area contributed by atoms with Crippen molar-refractivity contribution in [2.75, 3.05) is 5.73 Å². The van der Waals surface area contributed by atoms with E-state index in [1.807, 2.05) is 6.92 Å². The maximum absolute atomic E-state index is 5.28. The summed E-state index contributed by atoms with van der Waals surface area (Å²) in [5.74, 6) is 1.03. The van der Waals surface area contributed by atoms with Gasteiger partial charge in [0.1, 0.15) is 0 Å². The maximum Gasteiger partial charge on any atom is 0.292 e. The van der Waals surface area contributed by atoms with Gasteiger partial charge in [-0.25, -0.2) is 4.98 Å². The molecule has 2 aromatic rings. The van der Waals surface area contributed by atoms with E-state index in [2.05, 4.69) is 10.1 Å². The largest absolute Gasteiger partial charge is 0.420 e. The molecule has 5 heteroatoms. The predicted molar refractivity (Wildman–Crippen MR) is 41.1 cm³/mol. The van der Waals surface area contributed by atoms with Crippen LogP contribution in [0, 0.1) is 6.92 Å². The quantitative estimate of drug-likeness (QED) is 0.687. The average molecular weight is 165 g/mol. The van der Waals surface area contributed by atoms with Gasteiger partial charge in [0, 0.05) is 6.07 Å². The Kier molecular flexibility index (Phi) is 1.36. The minimum atomic E-state index is 0.124. The van der Waals surface area contributed by atoms with Gasteiger partial charge in [0.2, 0.25) is 5.76 Å². The van der Waals surface area contributed by atoms with Crippen LogP contribution in [0.5, 0.6) is 0 Å². The third-order valence-electron chi connectivity index (χ3n) is 1.39. The molecule has 2 rings (SSSR count). The van der Waals surface area contributed by atoms with Crippen LogP contribution < -0.4 is 5.73 Å². The van der Waals surface area contributed by atoms with Crippen LogP contribution in [0.3, 0.4) is 0 Å². The van der Waals surface area contributed by atoms with Gasteiger partial charge in [0.15, 0.2) is 5.76 Å². The van der Waals surface area contributed by atoms with Gasteiger partial charge in [0.25, 0.3) is 6.01 Å². The minimum absolute atomic E-state index is 0.124. The average Bonchev–Trinajstić information content (AvgIpc) is 2.58. The van der Waals surface area contributed by atoms with Crippen molar-refractivity contribution in [1.29, 1.82) is 0 Å². The number of nitrogens with two attached hydrogens (primary N) is 1. The van der Waals surface area contributed by atoms with Crippen molar-refractivity contribution >= 4 is 6.01 Å². The van der Waals surface area contributed by atoms with Crippen molar-refractivity contribution in [1.82, 2.24) is 10.1 Å². The molecule has 0 aromatic carbocycles. The molecule has 2 heterocycles. The number of aromatic nitrogens is 2. The lowest BCUT2D eigenvalue weighted by molar-refractivity contribution is 0.415. The summed E-state index contributed by atoms with van der Waals surface area (Å²) in [6.07, 6.45) is 1.50. The standard InChI is InChI=1S/C7H7N3O2/c1-4-2-5(12-10-4)6-3-9-7(8)11-6/h2-3H,1H3,(H2,8,9). The predicted octanol–water partition coefficient (Wildman–Crippen LogP) is 1.22. The Morgan fingerprint density at radius 2 is 2.25 bits per heavy atom. The number of hydrogen-bond acceptors (Lipinski definition) is 5. The van der Waals surface area contributed by atoms with Crippen LogP contribution >= 0.6 is 0 Å². The second-order valence-electron chi connectivity index (χ2n) is 2.40. The van der Waals surface area contributed by atoms with Gasteiger partial charge >= 0.3 is 0 Å². The van der Waals surface area contributed by atoms with Crippen LogP contribution in [0.2, 0.25) is 0 Å². The molecule has 0 unspecified atom stereocenters. The fourth-order valence-corrected chi connectivity index (χ4v) is 0.881. The molecular formula is C7H7N3O2. The number of nitrogens with zero attached hydrogens (tertiary/aromatic N) is 2. The first-order chi connectivity index (χ1) is 5.75. The van der Waals surface area contributed by atoms with Gasteiger partial charge in [-0.05, 0) is 6.92 Å². The molecule has 0 aliphatic heterocycles. The Balaban J connectivity index is 2.43. The third kappa shape index (κ3) is 1.05. The summed E-state index contributed by atoms with van der Waals surface area (Å²) in [5.41, 5.74) is 6.07. The molecule has 0 fully saturated rings. The highest BCUT2D eigenvalue weighted by Crippen LogP contribution is 2.21. The van der Waals surface area contributed by atoms with E-state index in [9.17, 15) is 0 Å². The molecule has 0 radical (unpaired) electrons. The molecule has 0 saturated heterocycles. The van der Waals surface area contributed by atoms with Gasteiger partial charge in [0.05, 0.1) is 11.9 Å². The summed E-state index contributed by atoms with van der Waals surface area (Å²) in [6, 6.07) is 1.87. The molecular weight excluding hydrogens is 158 g/mol. The topological polar surface area (TPSA) is 78.1 Å². The fraction of sp³-hybridized carbons (Fsp3) is 0.143. The monoisotopic (exact) mass is 165 g/mol. The van der Waals surface area contributed by atoms with Crippen LogP contribution in [-0.2, 0) is 0 Å². The molecule has 62 valence electrons. The summed E-state index contributed by atoms with van der Waals surface area (Å²) in [4.78, 5) is 3.73. The number of hydrogen-bond donors (Lipinski definition) is 1. The van der Waals surface area contributed by atoms with Gasteiger partial charge in [-0.3, -0.25) is 0 Å². The Hall–Kier alpha value is -1.78. The molecule has 0 saturated carbocycles. The molecule has 0 aliphatic carbocycles. The number of nitrogen functional groups attached to an aromatic ring is 1. The van der Waals surface area contributed by atoms with Gasteiger partial charge < -0.3 is 14.7 Å². The molecule has 0 amide bonds. The van der Waals surface area contributed by atoms with Gasteiger partial charge in [-0.2, -0.15) is 0 Å². The zero-order chi connectivity index (χ0) is 8.55. The molecule has 0 aliphatic rings. The first kappa shape index (κ1) is 6.90. The van der Waals surface area contributed by atoms with Crippen molar-refractivity contribution < 1.29 is 8.94 Å². The first-order valence-electron chi connectivity index (χ1n) is 3.41. The second kappa shape index (κ2) is 2.37. The summed E-state index contributed by atoms with van der Waals surface area (Å²) in [6.45, 7) is 1.83. The smallest absolute Gasteiger partial charge is 0.292 e. The molecule has 5 nitrogen and oxygen atoms in total. The number of rotatable bonds is 1. The summed E-state index contributed by atoms with van der Waals surface area (Å²) >= 11 is 0. The van der Waals surface area contributed by atoms with Crippen molar-refractivity contribution in [2.45, 2.75) is 6.92 Å². The van der Waals surface area contributed by atoms with Crippen molar-refractivity contribution in [3.05, 3.63) is 18.0 Å². The van der Waals surface area contributed by atoms with Crippen LogP contribution in [0.1, 0.15) is 5.69 Å². The highest BCUT2D eigenvalue weighted by molar-refractivity contribution is 5.49. The number of anilines is 1. The summed E-state index contributed by atoms with van der Waals surface area (Å²) in [7, 11) is 0. The van der Waals surface area contributed by atoms with E-state index < -0.39 is 0 Å². The second-order valence-corrected chi connectivity index (χ2v) is 2.40. The third-order valence-corrected chi connectivity index (χ3v) is 1.39. The lowest BCUT2D eigenvalue weighted by Crippen LogP contribution is -1.79. The maximum atomic E-state index is 5.28. The fourth-order valence-electron chi connectivity index (χ4n) is 0.881. The molecule has 0 bridgehead atoms. The van der Waals surface area contributed by atoms with E-state index in [0.29, 0.717) is 11.5 Å². The van der Waals surface area contributed by atoms with E-state index in [1.165, 1.54) is 6.20 Å². The normalized spacial score (nSPS) is 10.4.